The predicted molar refractivity (Wildman–Crippen MR) is 84.8 cm³/mol. The quantitative estimate of drug-likeness (QED) is 0.750. The van der Waals surface area contributed by atoms with E-state index in [0.717, 1.165) is 18.6 Å². The van der Waals surface area contributed by atoms with E-state index in [-0.39, 0.29) is 5.82 Å². The summed E-state index contributed by atoms with van der Waals surface area (Å²) < 4.78 is 15.9. The van der Waals surface area contributed by atoms with E-state index in [1.807, 2.05) is 18.3 Å². The molecule has 1 heterocycles. The standard InChI is InChI=1S/C18H19FN2/c1-2-20-12-14-7-8-18-15(11-14)9-10-21(18)13-16-5-3-4-6-17(16)19/h3-11,20H,2,12-13H2,1H3. The molecule has 0 unspecified atom stereocenters. The van der Waals surface area contributed by atoms with Gasteiger partial charge in [0.05, 0.1) is 6.54 Å². The van der Waals surface area contributed by atoms with Crippen LogP contribution in [0.2, 0.25) is 0 Å². The Morgan fingerprint density at radius 2 is 1.95 bits per heavy atom. The molecule has 21 heavy (non-hydrogen) atoms. The van der Waals surface area contributed by atoms with Gasteiger partial charge in [0, 0.05) is 23.8 Å². The van der Waals surface area contributed by atoms with Gasteiger partial charge >= 0.3 is 0 Å². The fourth-order valence-corrected chi connectivity index (χ4v) is 2.58. The fraction of sp³-hybridized carbons (Fsp3) is 0.222. The molecule has 1 aromatic heterocycles. The molecule has 3 heteroatoms. The largest absolute Gasteiger partial charge is 0.343 e. The first-order valence-corrected chi connectivity index (χ1v) is 7.30. The lowest BCUT2D eigenvalue weighted by molar-refractivity contribution is 0.602. The second-order valence-electron chi connectivity index (χ2n) is 5.21. The highest BCUT2D eigenvalue weighted by atomic mass is 19.1. The van der Waals surface area contributed by atoms with Gasteiger partial charge in [0.1, 0.15) is 5.82 Å². The van der Waals surface area contributed by atoms with Crippen LogP contribution in [0.15, 0.2) is 54.7 Å². The summed E-state index contributed by atoms with van der Waals surface area (Å²) in [5.41, 5.74) is 3.12. The molecule has 0 amide bonds. The third-order valence-electron chi connectivity index (χ3n) is 3.71. The number of benzene rings is 2. The van der Waals surface area contributed by atoms with E-state index in [4.69, 9.17) is 0 Å². The van der Waals surface area contributed by atoms with Crippen molar-refractivity contribution < 1.29 is 4.39 Å². The second-order valence-corrected chi connectivity index (χ2v) is 5.21. The van der Waals surface area contributed by atoms with Gasteiger partial charge in [-0.25, -0.2) is 4.39 Å². The monoisotopic (exact) mass is 282 g/mol. The first-order valence-electron chi connectivity index (χ1n) is 7.30. The third kappa shape index (κ3) is 2.98. The molecule has 0 fully saturated rings. The fourth-order valence-electron chi connectivity index (χ4n) is 2.58. The van der Waals surface area contributed by atoms with Crippen molar-refractivity contribution >= 4 is 10.9 Å². The maximum atomic E-state index is 13.8. The van der Waals surface area contributed by atoms with Crippen LogP contribution in [0.4, 0.5) is 4.39 Å². The number of aromatic nitrogens is 1. The summed E-state index contributed by atoms with van der Waals surface area (Å²) in [6, 6.07) is 15.5. The van der Waals surface area contributed by atoms with E-state index in [1.54, 1.807) is 6.07 Å². The maximum absolute atomic E-state index is 13.8. The molecule has 0 atom stereocenters. The number of fused-ring (bicyclic) bond motifs is 1. The van der Waals surface area contributed by atoms with Crippen molar-refractivity contribution in [1.82, 2.24) is 9.88 Å². The molecule has 0 aliphatic heterocycles. The van der Waals surface area contributed by atoms with E-state index < -0.39 is 0 Å². The van der Waals surface area contributed by atoms with Crippen LogP contribution >= 0.6 is 0 Å². The van der Waals surface area contributed by atoms with E-state index in [2.05, 4.69) is 41.1 Å². The molecule has 0 bridgehead atoms. The normalized spacial score (nSPS) is 11.1. The van der Waals surface area contributed by atoms with Crippen LogP contribution in [0.1, 0.15) is 18.1 Å². The van der Waals surface area contributed by atoms with Crippen molar-refractivity contribution in [3.63, 3.8) is 0 Å². The summed E-state index contributed by atoms with van der Waals surface area (Å²) in [6.07, 6.45) is 2.02. The summed E-state index contributed by atoms with van der Waals surface area (Å²) in [6.45, 7) is 4.50. The smallest absolute Gasteiger partial charge is 0.128 e. The summed E-state index contributed by atoms with van der Waals surface area (Å²) in [4.78, 5) is 0. The van der Waals surface area contributed by atoms with Gasteiger partial charge in [-0.1, -0.05) is 31.2 Å². The molecule has 0 spiro atoms. The predicted octanol–water partition coefficient (Wildman–Crippen LogP) is 3.94. The van der Waals surface area contributed by atoms with Gasteiger partial charge in [0.15, 0.2) is 0 Å². The zero-order valence-corrected chi connectivity index (χ0v) is 12.1. The molecule has 0 aliphatic rings. The van der Waals surface area contributed by atoms with Crippen molar-refractivity contribution in [3.05, 3.63) is 71.7 Å². The van der Waals surface area contributed by atoms with Crippen LogP contribution < -0.4 is 5.32 Å². The Bertz CT molecular complexity index is 746. The number of halogens is 1. The average molecular weight is 282 g/mol. The zero-order chi connectivity index (χ0) is 14.7. The topological polar surface area (TPSA) is 17.0 Å². The highest BCUT2D eigenvalue weighted by Gasteiger charge is 2.05. The highest BCUT2D eigenvalue weighted by molar-refractivity contribution is 5.81. The average Bonchev–Trinajstić information content (AvgIpc) is 2.90. The Balaban J connectivity index is 1.88. The number of nitrogens with zero attached hydrogens (tertiary/aromatic N) is 1. The highest BCUT2D eigenvalue weighted by Crippen LogP contribution is 2.20. The number of hydrogen-bond acceptors (Lipinski definition) is 1. The van der Waals surface area contributed by atoms with Gasteiger partial charge in [0.25, 0.3) is 0 Å². The zero-order valence-electron chi connectivity index (χ0n) is 12.1. The SMILES string of the molecule is CCNCc1ccc2c(ccn2Cc2ccccc2F)c1. The Kier molecular flexibility index (Phi) is 4.02. The lowest BCUT2D eigenvalue weighted by Crippen LogP contribution is -2.11. The molecule has 3 aromatic rings. The Hall–Kier alpha value is -2.13. The number of rotatable bonds is 5. The molecular weight excluding hydrogens is 263 g/mol. The van der Waals surface area contributed by atoms with Crippen molar-refractivity contribution in [2.75, 3.05) is 6.54 Å². The van der Waals surface area contributed by atoms with Crippen molar-refractivity contribution in [2.45, 2.75) is 20.0 Å². The summed E-state index contributed by atoms with van der Waals surface area (Å²) >= 11 is 0. The minimum Gasteiger partial charge on any atom is -0.343 e. The van der Waals surface area contributed by atoms with Gasteiger partial charge in [-0.15, -0.1) is 0 Å². The molecule has 2 nitrogen and oxygen atoms in total. The van der Waals surface area contributed by atoms with Gasteiger partial charge in [-0.3, -0.25) is 0 Å². The van der Waals surface area contributed by atoms with Crippen LogP contribution in [-0.2, 0) is 13.1 Å². The Morgan fingerprint density at radius 1 is 1.10 bits per heavy atom. The summed E-state index contributed by atoms with van der Waals surface area (Å²) in [7, 11) is 0. The van der Waals surface area contributed by atoms with Gasteiger partial charge in [-0.05, 0) is 41.8 Å². The minimum absolute atomic E-state index is 0.150. The molecule has 1 N–H and O–H groups in total. The van der Waals surface area contributed by atoms with Crippen LogP contribution in [0.5, 0.6) is 0 Å². The van der Waals surface area contributed by atoms with Crippen molar-refractivity contribution in [2.24, 2.45) is 0 Å². The lowest BCUT2D eigenvalue weighted by Gasteiger charge is -2.08. The molecule has 3 rings (SSSR count). The Labute approximate surface area is 124 Å². The number of nitrogens with one attached hydrogen (secondary N) is 1. The molecule has 2 aromatic carbocycles. The summed E-state index contributed by atoms with van der Waals surface area (Å²) in [5.74, 6) is -0.150. The first-order chi connectivity index (χ1) is 10.3. The first kappa shape index (κ1) is 13.8. The van der Waals surface area contributed by atoms with Crippen LogP contribution in [0, 0.1) is 5.82 Å². The molecule has 0 aliphatic carbocycles. The van der Waals surface area contributed by atoms with E-state index in [1.165, 1.54) is 17.0 Å². The van der Waals surface area contributed by atoms with Gasteiger partial charge in [-0.2, -0.15) is 0 Å². The molecule has 0 saturated carbocycles. The minimum atomic E-state index is -0.150. The molecule has 108 valence electrons. The van der Waals surface area contributed by atoms with Crippen molar-refractivity contribution in [1.29, 1.82) is 0 Å². The lowest BCUT2D eigenvalue weighted by atomic mass is 10.1. The summed E-state index contributed by atoms with van der Waals surface area (Å²) in [5, 5.41) is 4.52. The third-order valence-corrected chi connectivity index (χ3v) is 3.71. The van der Waals surface area contributed by atoms with Crippen LogP contribution in [0.25, 0.3) is 10.9 Å². The second kappa shape index (κ2) is 6.10. The number of hydrogen-bond donors (Lipinski definition) is 1. The van der Waals surface area contributed by atoms with E-state index in [0.29, 0.717) is 12.1 Å². The van der Waals surface area contributed by atoms with E-state index in [9.17, 15) is 4.39 Å². The van der Waals surface area contributed by atoms with Gasteiger partial charge in [0.2, 0.25) is 0 Å². The van der Waals surface area contributed by atoms with Crippen LogP contribution in [-0.4, -0.2) is 11.1 Å². The maximum Gasteiger partial charge on any atom is 0.128 e. The molecule has 0 saturated heterocycles. The Morgan fingerprint density at radius 3 is 2.76 bits per heavy atom. The van der Waals surface area contributed by atoms with Gasteiger partial charge < -0.3 is 9.88 Å². The molecule has 0 radical (unpaired) electrons. The van der Waals surface area contributed by atoms with Crippen molar-refractivity contribution in [3.8, 4) is 0 Å². The molecular formula is C18H19FN2. The van der Waals surface area contributed by atoms with Crippen LogP contribution in [0.3, 0.4) is 0 Å². The van der Waals surface area contributed by atoms with E-state index >= 15 is 0 Å².